The Balaban J connectivity index is 1.43. The number of rotatable bonds is 7. The van der Waals surface area contributed by atoms with Gasteiger partial charge in [0, 0.05) is 13.0 Å². The molecule has 5 rings (SSSR count). The van der Waals surface area contributed by atoms with Gasteiger partial charge in [0.25, 0.3) is 0 Å². The highest BCUT2D eigenvalue weighted by Crippen LogP contribution is 2.50. The Hall–Kier alpha value is -3.82. The van der Waals surface area contributed by atoms with Crippen molar-refractivity contribution in [2.24, 2.45) is 17.8 Å². The maximum absolute atomic E-state index is 14.0. The van der Waals surface area contributed by atoms with Crippen LogP contribution < -0.4 is 0 Å². The van der Waals surface area contributed by atoms with Crippen LogP contribution in [0.2, 0.25) is 0 Å². The number of hydrogen-bond acceptors (Lipinski definition) is 7. The third-order valence-corrected chi connectivity index (χ3v) is 7.82. The van der Waals surface area contributed by atoms with E-state index in [-0.39, 0.29) is 18.6 Å². The first-order valence-electron chi connectivity index (χ1n) is 12.9. The zero-order chi connectivity index (χ0) is 27.7. The summed E-state index contributed by atoms with van der Waals surface area (Å²) in [4.78, 5) is 39.0. The maximum atomic E-state index is 14.0. The minimum Gasteiger partial charge on any atom is -0.505 e. The summed E-state index contributed by atoms with van der Waals surface area (Å²) in [6, 6.07) is 14.0. The van der Waals surface area contributed by atoms with Gasteiger partial charge in [-0.2, -0.15) is 4.90 Å². The van der Waals surface area contributed by atoms with Crippen molar-refractivity contribution in [1.29, 1.82) is 0 Å². The largest absolute Gasteiger partial charge is 0.505 e. The van der Waals surface area contributed by atoms with Gasteiger partial charge in [-0.3, -0.25) is 9.59 Å². The second-order valence-electron chi connectivity index (χ2n) is 10.0. The fourth-order valence-electron chi connectivity index (χ4n) is 6.10. The Morgan fingerprint density at radius 2 is 1.90 bits per heavy atom. The Kier molecular flexibility index (Phi) is 7.63. The third kappa shape index (κ3) is 4.99. The van der Waals surface area contributed by atoms with Crippen LogP contribution in [-0.2, 0) is 23.8 Å². The van der Waals surface area contributed by atoms with Crippen molar-refractivity contribution in [2.75, 3.05) is 27.4 Å². The van der Waals surface area contributed by atoms with Gasteiger partial charge in [-0.15, -0.1) is 0 Å². The van der Waals surface area contributed by atoms with E-state index >= 15 is 0 Å². The first-order valence-corrected chi connectivity index (χ1v) is 12.9. The number of aromatic hydroxyl groups is 1. The highest BCUT2D eigenvalue weighted by atomic mass is 19.1. The van der Waals surface area contributed by atoms with Crippen LogP contribution in [0.15, 0.2) is 59.7 Å². The van der Waals surface area contributed by atoms with Crippen molar-refractivity contribution in [3.63, 3.8) is 0 Å². The van der Waals surface area contributed by atoms with Crippen molar-refractivity contribution in [1.82, 2.24) is 4.90 Å². The molecule has 9 heteroatoms. The zero-order valence-corrected chi connectivity index (χ0v) is 21.8. The number of amides is 3. The third-order valence-electron chi connectivity index (χ3n) is 7.82. The summed E-state index contributed by atoms with van der Waals surface area (Å²) in [5, 5.41) is 9.58. The average molecular weight is 536 g/mol. The zero-order valence-electron chi connectivity index (χ0n) is 21.8. The minimum absolute atomic E-state index is 0.260. The number of methoxy groups -OCH3 is 2. The molecule has 2 aliphatic heterocycles. The monoisotopic (exact) mass is 535 g/mol. The molecule has 0 aromatic heterocycles. The van der Waals surface area contributed by atoms with Gasteiger partial charge in [-0.1, -0.05) is 42.5 Å². The molecule has 204 valence electrons. The van der Waals surface area contributed by atoms with Crippen molar-refractivity contribution >= 4 is 29.6 Å². The predicted molar refractivity (Wildman–Crippen MR) is 140 cm³/mol. The minimum atomic E-state index is -0.965. The molecule has 1 N–H and O–H groups in total. The first-order chi connectivity index (χ1) is 18.8. The van der Waals surface area contributed by atoms with Gasteiger partial charge in [0.15, 0.2) is 11.6 Å². The van der Waals surface area contributed by atoms with Crippen molar-refractivity contribution in [3.05, 3.63) is 76.6 Å². The van der Waals surface area contributed by atoms with Crippen molar-refractivity contribution in [2.45, 2.75) is 25.4 Å². The number of allylic oxidation sites excluding steroid dienone is 1. The number of benzene rings is 2. The van der Waals surface area contributed by atoms with Crippen LogP contribution in [0.1, 0.15) is 30.4 Å². The SMILES string of the molecule is COCC1=C2[C@@H](CC/C(=C/c3ccc(O)c(F)c3)c3ccccc3)OC[C@@H]2[C@@H]2C(=O)N(C(=O)OC)C(=O)[C@@H]2C1. The lowest BCUT2D eigenvalue weighted by molar-refractivity contribution is -0.137. The lowest BCUT2D eigenvalue weighted by Gasteiger charge is -2.31. The number of imide groups is 3. The van der Waals surface area contributed by atoms with Gasteiger partial charge in [-0.25, -0.2) is 9.18 Å². The first kappa shape index (κ1) is 26.8. The molecule has 2 fully saturated rings. The van der Waals surface area contributed by atoms with Gasteiger partial charge < -0.3 is 19.3 Å². The van der Waals surface area contributed by atoms with Crippen LogP contribution in [0.4, 0.5) is 9.18 Å². The van der Waals surface area contributed by atoms with Gasteiger partial charge in [0.2, 0.25) is 11.8 Å². The molecule has 8 nitrogen and oxygen atoms in total. The summed E-state index contributed by atoms with van der Waals surface area (Å²) in [5.41, 5.74) is 4.44. The van der Waals surface area contributed by atoms with Gasteiger partial charge >= 0.3 is 6.09 Å². The highest BCUT2D eigenvalue weighted by molar-refractivity contribution is 6.16. The fraction of sp³-hybridized carbons (Fsp3) is 0.367. The Labute approximate surface area is 225 Å². The molecule has 0 saturated carbocycles. The van der Waals surface area contributed by atoms with E-state index in [0.29, 0.717) is 36.3 Å². The highest BCUT2D eigenvalue weighted by Gasteiger charge is 2.58. The van der Waals surface area contributed by atoms with Gasteiger partial charge in [-0.05, 0) is 59.2 Å². The van der Waals surface area contributed by atoms with Crippen molar-refractivity contribution < 1.29 is 38.1 Å². The second-order valence-corrected chi connectivity index (χ2v) is 10.0. The Morgan fingerprint density at radius 1 is 1.13 bits per heavy atom. The molecule has 2 aromatic rings. The molecule has 3 amide bonds. The fourth-order valence-corrected chi connectivity index (χ4v) is 6.10. The topological polar surface area (TPSA) is 102 Å². The van der Waals surface area contributed by atoms with E-state index in [0.717, 1.165) is 29.4 Å². The molecule has 2 aromatic carbocycles. The number of hydrogen-bond donors (Lipinski definition) is 1. The van der Waals surface area contributed by atoms with E-state index in [2.05, 4.69) is 4.74 Å². The second kappa shape index (κ2) is 11.1. The van der Waals surface area contributed by atoms with Gasteiger partial charge in [0.1, 0.15) is 0 Å². The number of likely N-dealkylation sites (tertiary alicyclic amines) is 1. The summed E-state index contributed by atoms with van der Waals surface area (Å²) in [7, 11) is 2.72. The Morgan fingerprint density at radius 3 is 2.59 bits per heavy atom. The van der Waals surface area contributed by atoms with Crippen molar-refractivity contribution in [3.8, 4) is 5.75 Å². The molecule has 2 saturated heterocycles. The normalized spacial score (nSPS) is 24.7. The molecule has 0 radical (unpaired) electrons. The summed E-state index contributed by atoms with van der Waals surface area (Å²) in [5.74, 6) is -3.84. The number of nitrogens with zero attached hydrogens (tertiary/aromatic N) is 1. The smallest absolute Gasteiger partial charge is 0.423 e. The van der Waals surface area contributed by atoms with E-state index < -0.39 is 41.3 Å². The number of carbonyl (C=O) groups excluding carboxylic acids is 3. The standard InChI is InChI=1S/C30H30FNO7/c1-37-15-20-14-21-27(29(35)32(28(21)34)30(36)38-2)22-16-39-25(26(20)22)11-9-19(18-6-4-3-5-7-18)12-17-8-10-24(33)23(31)13-17/h3-8,10,12-13,21-22,25,27,33H,9,11,14-16H2,1-2H3/b19-12-/t21-,22+,25-,27-/m1/s1. The van der Waals surface area contributed by atoms with Crippen LogP contribution in [0, 0.1) is 23.6 Å². The average Bonchev–Trinajstić information content (AvgIpc) is 3.47. The number of fused-ring (bicyclic) bond motifs is 3. The molecular formula is C30H30FNO7. The quantitative estimate of drug-likeness (QED) is 0.315. The molecule has 0 bridgehead atoms. The van der Waals surface area contributed by atoms with E-state index in [4.69, 9.17) is 9.47 Å². The number of phenols is 1. The van der Waals surface area contributed by atoms with E-state index in [1.165, 1.54) is 12.1 Å². The number of phenolic OH excluding ortho intramolecular Hbond substituents is 1. The van der Waals surface area contributed by atoms with Gasteiger partial charge in [0.05, 0.1) is 38.3 Å². The Bertz CT molecular complexity index is 1350. The molecular weight excluding hydrogens is 505 g/mol. The lowest BCUT2D eigenvalue weighted by atomic mass is 9.69. The summed E-state index contributed by atoms with van der Waals surface area (Å²) >= 11 is 0. The summed E-state index contributed by atoms with van der Waals surface area (Å²) in [6.45, 7) is 0.554. The molecule has 39 heavy (non-hydrogen) atoms. The van der Waals surface area contributed by atoms with Crippen LogP contribution in [0.25, 0.3) is 11.6 Å². The number of ether oxygens (including phenoxy) is 3. The lowest BCUT2D eigenvalue weighted by Crippen LogP contribution is -2.38. The summed E-state index contributed by atoms with van der Waals surface area (Å²) in [6.07, 6.45) is 2.10. The maximum Gasteiger partial charge on any atom is 0.423 e. The van der Waals surface area contributed by atoms with Crippen LogP contribution in [-0.4, -0.2) is 61.5 Å². The van der Waals surface area contributed by atoms with Crippen LogP contribution >= 0.6 is 0 Å². The number of halogens is 1. The number of carbonyl (C=O) groups is 3. The molecule has 3 aliphatic rings. The molecule has 0 spiro atoms. The molecule has 0 unspecified atom stereocenters. The molecule has 2 heterocycles. The van der Waals surface area contributed by atoms with E-state index in [1.807, 2.05) is 36.4 Å². The van der Waals surface area contributed by atoms with E-state index in [1.54, 1.807) is 13.2 Å². The van der Waals surface area contributed by atoms with Crippen LogP contribution in [0.5, 0.6) is 5.75 Å². The molecule has 4 atom stereocenters. The summed E-state index contributed by atoms with van der Waals surface area (Å²) < 4.78 is 30.4. The molecule has 1 aliphatic carbocycles. The predicted octanol–water partition coefficient (Wildman–Crippen LogP) is 4.58. The van der Waals surface area contributed by atoms with Crippen LogP contribution in [0.3, 0.4) is 0 Å². The van der Waals surface area contributed by atoms with E-state index in [9.17, 15) is 23.9 Å².